The van der Waals surface area contributed by atoms with Crippen LogP contribution in [0.25, 0.3) is 11.3 Å². The molecule has 2 heterocycles. The van der Waals surface area contributed by atoms with E-state index in [1.54, 1.807) is 17.0 Å². The van der Waals surface area contributed by atoms with Gasteiger partial charge in [-0.2, -0.15) is 8.42 Å². The van der Waals surface area contributed by atoms with Crippen molar-refractivity contribution in [1.82, 2.24) is 14.5 Å². The third kappa shape index (κ3) is 5.01. The van der Waals surface area contributed by atoms with Gasteiger partial charge in [0.05, 0.1) is 12.1 Å². The fourth-order valence-electron chi connectivity index (χ4n) is 3.99. The van der Waals surface area contributed by atoms with Crippen LogP contribution in [0.4, 0.5) is 15.9 Å². The van der Waals surface area contributed by atoms with Crippen LogP contribution in [0.5, 0.6) is 0 Å². The Kier molecular flexibility index (Phi) is 7.39. The van der Waals surface area contributed by atoms with E-state index in [2.05, 4.69) is 9.88 Å². The Morgan fingerprint density at radius 2 is 1.73 bits per heavy atom. The molecule has 0 aliphatic carbocycles. The lowest BCUT2D eigenvalue weighted by Crippen LogP contribution is -2.53. The van der Waals surface area contributed by atoms with Crippen LogP contribution in [-0.4, -0.2) is 41.9 Å². The second-order valence-corrected chi connectivity index (χ2v) is 8.29. The molecule has 1 aromatic heterocycles. The van der Waals surface area contributed by atoms with Gasteiger partial charge >= 0.3 is 11.6 Å². The summed E-state index contributed by atoms with van der Waals surface area (Å²) in [6.07, 6.45) is 0. The molecule has 3 N–H and O–H groups in total. The Balaban J connectivity index is 0.000000968. The molecular formula is C23H26FN5O3S. The maximum atomic E-state index is 13.5. The first kappa shape index (κ1) is 24.3. The Labute approximate surface area is 195 Å². The van der Waals surface area contributed by atoms with E-state index in [-0.39, 0.29) is 18.3 Å². The van der Waals surface area contributed by atoms with Gasteiger partial charge in [0.25, 0.3) is 0 Å². The van der Waals surface area contributed by atoms with Gasteiger partial charge in [-0.25, -0.2) is 9.37 Å². The summed E-state index contributed by atoms with van der Waals surface area (Å²) in [5.41, 5.74) is 8.64. The Bertz CT molecular complexity index is 1170. The number of carbonyl (C=O) groups excluding carboxylic acids is 1. The molecule has 0 atom stereocenters. The molecule has 0 bridgehead atoms. The fraction of sp³-hybridized carbons (Fsp3) is 0.304. The number of aryl methyl sites for hydroxylation is 1. The van der Waals surface area contributed by atoms with E-state index in [0.29, 0.717) is 13.1 Å². The smallest absolute Gasteiger partial charge is 0.335 e. The van der Waals surface area contributed by atoms with Gasteiger partial charge in [-0.15, -0.1) is 0 Å². The number of fused-ring (bicyclic) bond motifs is 1. The van der Waals surface area contributed by atoms with E-state index in [1.165, 1.54) is 17.7 Å². The lowest BCUT2D eigenvalue weighted by atomic mass is 9.99. The molecule has 0 spiro atoms. The van der Waals surface area contributed by atoms with Gasteiger partial charge < -0.3 is 20.5 Å². The third-order valence-electron chi connectivity index (χ3n) is 5.64. The maximum absolute atomic E-state index is 13.5. The van der Waals surface area contributed by atoms with Crippen LogP contribution in [0.1, 0.15) is 25.2 Å². The quantitative estimate of drug-likeness (QED) is 0.605. The van der Waals surface area contributed by atoms with Gasteiger partial charge in [0.1, 0.15) is 23.2 Å². The zero-order valence-corrected chi connectivity index (χ0v) is 19.5. The topological polar surface area (TPSA) is 110 Å². The van der Waals surface area contributed by atoms with Gasteiger partial charge in [-0.05, 0) is 57.2 Å². The third-order valence-corrected chi connectivity index (χ3v) is 5.64. The van der Waals surface area contributed by atoms with E-state index >= 15 is 0 Å². The molecule has 33 heavy (non-hydrogen) atoms. The van der Waals surface area contributed by atoms with Crippen LogP contribution >= 0.6 is 0 Å². The van der Waals surface area contributed by atoms with E-state index in [0.717, 1.165) is 28.6 Å². The summed E-state index contributed by atoms with van der Waals surface area (Å²) >= 11 is -0.750. The van der Waals surface area contributed by atoms with Crippen LogP contribution in [-0.2, 0) is 28.4 Å². The standard InChI is InChI=1S/C23H26FN5O.O2S/c1-15-4-10-18(11-5-15)26-21-20(16-6-8-17(24)9-7-16)27-22-23(2,3)29(19(30)14-25)13-12-28(21)22;1-3-2/h4-11,26H,12-14,25H2,1-3H3;. The molecule has 0 saturated carbocycles. The number of amides is 1. The number of imidazole rings is 1. The van der Waals surface area contributed by atoms with E-state index < -0.39 is 17.1 Å². The highest BCUT2D eigenvalue weighted by molar-refractivity contribution is 7.51. The zero-order chi connectivity index (χ0) is 24.2. The van der Waals surface area contributed by atoms with E-state index in [9.17, 15) is 9.18 Å². The van der Waals surface area contributed by atoms with Crippen molar-refractivity contribution in [3.8, 4) is 11.3 Å². The van der Waals surface area contributed by atoms with Crippen LogP contribution in [0.3, 0.4) is 0 Å². The van der Waals surface area contributed by atoms with Crippen molar-refractivity contribution >= 4 is 29.0 Å². The average Bonchev–Trinajstić information content (AvgIpc) is 3.15. The Morgan fingerprint density at radius 1 is 1.12 bits per heavy atom. The minimum Gasteiger partial charge on any atom is -0.340 e. The van der Waals surface area contributed by atoms with Crippen molar-refractivity contribution in [2.75, 3.05) is 18.4 Å². The second kappa shape index (κ2) is 10.1. The minimum absolute atomic E-state index is 0.0383. The number of anilines is 2. The number of hydrogen-bond acceptors (Lipinski definition) is 6. The first-order valence-corrected chi connectivity index (χ1v) is 11.0. The van der Waals surface area contributed by atoms with Gasteiger partial charge in [0, 0.05) is 24.3 Å². The molecule has 3 aromatic rings. The van der Waals surface area contributed by atoms with Crippen molar-refractivity contribution in [1.29, 1.82) is 0 Å². The van der Waals surface area contributed by atoms with Crippen molar-refractivity contribution < 1.29 is 17.6 Å². The molecule has 0 saturated heterocycles. The number of nitrogens with one attached hydrogen (secondary N) is 1. The van der Waals surface area contributed by atoms with Gasteiger partial charge in [-0.3, -0.25) is 4.79 Å². The van der Waals surface area contributed by atoms with Crippen LogP contribution < -0.4 is 11.1 Å². The second-order valence-electron chi connectivity index (χ2n) is 8.16. The normalized spacial score (nSPS) is 14.0. The van der Waals surface area contributed by atoms with Crippen molar-refractivity contribution in [3.63, 3.8) is 0 Å². The highest BCUT2D eigenvalue weighted by Gasteiger charge is 2.41. The average molecular weight is 472 g/mol. The fourth-order valence-corrected chi connectivity index (χ4v) is 3.99. The number of hydrogen-bond donors (Lipinski definition) is 2. The number of nitrogens with two attached hydrogens (primary N) is 1. The number of aromatic nitrogens is 2. The summed E-state index contributed by atoms with van der Waals surface area (Å²) in [4.78, 5) is 19.1. The van der Waals surface area contributed by atoms with Crippen LogP contribution in [0.2, 0.25) is 0 Å². The summed E-state index contributed by atoms with van der Waals surface area (Å²) < 4.78 is 32.2. The highest BCUT2D eigenvalue weighted by atomic mass is 32.1. The SMILES string of the molecule is Cc1ccc(Nc2c(-c3ccc(F)cc3)nc3n2CCN(C(=O)CN)C3(C)C)cc1.O=S=O. The van der Waals surface area contributed by atoms with E-state index in [4.69, 9.17) is 19.1 Å². The number of halogens is 1. The number of benzene rings is 2. The molecule has 1 aliphatic rings. The number of carbonyl (C=O) groups is 1. The molecule has 8 nitrogen and oxygen atoms in total. The maximum Gasteiger partial charge on any atom is 0.335 e. The molecule has 0 unspecified atom stereocenters. The minimum atomic E-state index is -0.750. The summed E-state index contributed by atoms with van der Waals surface area (Å²) in [5, 5.41) is 3.50. The molecule has 1 aliphatic heterocycles. The first-order valence-electron chi connectivity index (χ1n) is 10.4. The zero-order valence-electron chi connectivity index (χ0n) is 18.7. The largest absolute Gasteiger partial charge is 0.340 e. The van der Waals surface area contributed by atoms with E-state index in [1.807, 2.05) is 45.0 Å². The first-order chi connectivity index (χ1) is 15.7. The van der Waals surface area contributed by atoms with Crippen molar-refractivity contribution in [2.45, 2.75) is 32.9 Å². The lowest BCUT2D eigenvalue weighted by Gasteiger charge is -2.42. The van der Waals surface area contributed by atoms with Gasteiger partial charge in [0.2, 0.25) is 5.91 Å². The van der Waals surface area contributed by atoms with Crippen molar-refractivity contribution in [2.24, 2.45) is 5.73 Å². The van der Waals surface area contributed by atoms with Gasteiger partial charge in [0.15, 0.2) is 0 Å². The Hall–Kier alpha value is -3.37. The highest BCUT2D eigenvalue weighted by Crippen LogP contribution is 2.39. The number of rotatable bonds is 4. The Morgan fingerprint density at radius 3 is 2.30 bits per heavy atom. The lowest BCUT2D eigenvalue weighted by molar-refractivity contribution is -0.137. The monoisotopic (exact) mass is 471 g/mol. The van der Waals surface area contributed by atoms with Gasteiger partial charge in [-0.1, -0.05) is 17.7 Å². The predicted octanol–water partition coefficient (Wildman–Crippen LogP) is 3.11. The number of nitrogens with zero attached hydrogens (tertiary/aromatic N) is 3. The summed E-state index contributed by atoms with van der Waals surface area (Å²) in [6, 6.07) is 14.4. The molecule has 10 heteroatoms. The molecule has 0 fully saturated rings. The molecular weight excluding hydrogens is 445 g/mol. The molecule has 174 valence electrons. The molecule has 1 amide bonds. The molecule has 0 radical (unpaired) electrons. The summed E-state index contributed by atoms with van der Waals surface area (Å²) in [6.45, 7) is 7.08. The summed E-state index contributed by atoms with van der Waals surface area (Å²) in [5.74, 6) is 1.19. The van der Waals surface area contributed by atoms with Crippen molar-refractivity contribution in [3.05, 3.63) is 65.7 Å². The molecule has 4 rings (SSSR count). The van der Waals surface area contributed by atoms with Crippen LogP contribution in [0.15, 0.2) is 48.5 Å². The van der Waals surface area contributed by atoms with Crippen LogP contribution in [0, 0.1) is 12.7 Å². The molecule has 2 aromatic carbocycles. The predicted molar refractivity (Wildman–Crippen MR) is 125 cm³/mol. The summed E-state index contributed by atoms with van der Waals surface area (Å²) in [7, 11) is 0.